The minimum atomic E-state index is -0.760. The third-order valence-corrected chi connectivity index (χ3v) is 3.30. The Morgan fingerprint density at radius 1 is 1.38 bits per heavy atom. The molecule has 1 aromatic carbocycles. The lowest BCUT2D eigenvalue weighted by Gasteiger charge is -2.16. The van der Waals surface area contributed by atoms with Crippen molar-refractivity contribution in [2.24, 2.45) is 5.10 Å². The van der Waals surface area contributed by atoms with E-state index in [2.05, 4.69) is 26.5 Å². The van der Waals surface area contributed by atoms with Crippen LogP contribution in [0.15, 0.2) is 27.8 Å². The van der Waals surface area contributed by atoms with E-state index in [0.29, 0.717) is 24.4 Å². The van der Waals surface area contributed by atoms with Crippen LogP contribution in [0.5, 0.6) is 5.75 Å². The molecule has 0 spiro atoms. The third kappa shape index (κ3) is 4.86. The fourth-order valence-corrected chi connectivity index (χ4v) is 2.05. The van der Waals surface area contributed by atoms with E-state index < -0.39 is 11.8 Å². The molecule has 0 aliphatic rings. The Kier molecular flexibility index (Phi) is 6.87. The number of likely N-dealkylation sites (N-methyl/N-ethyl adjacent to an activating group) is 1. The van der Waals surface area contributed by atoms with Gasteiger partial charge in [0.2, 0.25) is 0 Å². The zero-order valence-electron chi connectivity index (χ0n) is 12.2. The van der Waals surface area contributed by atoms with Crippen LogP contribution in [0.3, 0.4) is 0 Å². The third-order valence-electron chi connectivity index (χ3n) is 2.81. The maximum Gasteiger partial charge on any atom is 0.329 e. The van der Waals surface area contributed by atoms with Gasteiger partial charge >= 0.3 is 11.8 Å². The molecule has 1 N–H and O–H groups in total. The molecule has 7 heteroatoms. The van der Waals surface area contributed by atoms with Gasteiger partial charge in [0, 0.05) is 23.1 Å². The van der Waals surface area contributed by atoms with Crippen LogP contribution in [0.2, 0.25) is 0 Å². The summed E-state index contributed by atoms with van der Waals surface area (Å²) in [6, 6.07) is 5.40. The van der Waals surface area contributed by atoms with Crippen molar-refractivity contribution in [1.29, 1.82) is 0 Å². The van der Waals surface area contributed by atoms with Crippen LogP contribution < -0.4 is 10.2 Å². The molecule has 0 saturated carbocycles. The number of halogens is 1. The lowest BCUT2D eigenvalue weighted by atomic mass is 10.2. The van der Waals surface area contributed by atoms with Gasteiger partial charge in [0.05, 0.1) is 13.3 Å². The first-order valence-corrected chi connectivity index (χ1v) is 7.28. The van der Waals surface area contributed by atoms with E-state index >= 15 is 0 Å². The SMILES string of the molecule is CCN(CC)C(=O)C(=O)N/N=C/c1cc(Br)ccc1OC. The Morgan fingerprint density at radius 3 is 2.62 bits per heavy atom. The van der Waals surface area contributed by atoms with Gasteiger partial charge in [-0.1, -0.05) is 15.9 Å². The number of carbonyl (C=O) groups is 2. The predicted molar refractivity (Wildman–Crippen MR) is 84.4 cm³/mol. The number of benzene rings is 1. The number of hydrogen-bond acceptors (Lipinski definition) is 4. The number of hydrazone groups is 1. The number of nitrogens with one attached hydrogen (secondary N) is 1. The molecule has 2 amide bonds. The number of nitrogens with zero attached hydrogens (tertiary/aromatic N) is 2. The number of carbonyl (C=O) groups excluding carboxylic acids is 2. The molecule has 0 aliphatic heterocycles. The van der Waals surface area contributed by atoms with Crippen LogP contribution >= 0.6 is 15.9 Å². The number of methoxy groups -OCH3 is 1. The normalized spacial score (nSPS) is 10.5. The Morgan fingerprint density at radius 2 is 2.05 bits per heavy atom. The maximum absolute atomic E-state index is 11.7. The van der Waals surface area contributed by atoms with Crippen LogP contribution in [0, 0.1) is 0 Å². The minimum Gasteiger partial charge on any atom is -0.496 e. The van der Waals surface area contributed by atoms with Gasteiger partial charge in [-0.2, -0.15) is 5.10 Å². The Balaban J connectivity index is 2.72. The highest BCUT2D eigenvalue weighted by Crippen LogP contribution is 2.21. The molecule has 0 saturated heterocycles. The Bertz CT molecular complexity index is 542. The largest absolute Gasteiger partial charge is 0.496 e. The van der Waals surface area contributed by atoms with Crippen LogP contribution in [0.4, 0.5) is 0 Å². The molecule has 0 unspecified atom stereocenters. The summed E-state index contributed by atoms with van der Waals surface area (Å²) in [7, 11) is 1.54. The van der Waals surface area contributed by atoms with Crippen molar-refractivity contribution in [3.8, 4) is 5.75 Å². The Labute approximate surface area is 132 Å². The highest BCUT2D eigenvalue weighted by molar-refractivity contribution is 9.10. The summed E-state index contributed by atoms with van der Waals surface area (Å²) >= 11 is 3.34. The number of ether oxygens (including phenoxy) is 1. The quantitative estimate of drug-likeness (QED) is 0.497. The van der Waals surface area contributed by atoms with Gasteiger partial charge < -0.3 is 9.64 Å². The predicted octanol–water partition coefficient (Wildman–Crippen LogP) is 1.78. The number of hydrogen-bond donors (Lipinski definition) is 1. The summed E-state index contributed by atoms with van der Waals surface area (Å²) < 4.78 is 6.04. The Hall–Kier alpha value is -1.89. The van der Waals surface area contributed by atoms with E-state index in [1.54, 1.807) is 19.2 Å². The minimum absolute atomic E-state index is 0.478. The monoisotopic (exact) mass is 355 g/mol. The summed E-state index contributed by atoms with van der Waals surface area (Å²) in [6.07, 6.45) is 1.43. The molecular weight excluding hydrogens is 338 g/mol. The molecule has 0 bridgehead atoms. The summed E-state index contributed by atoms with van der Waals surface area (Å²) in [5, 5.41) is 3.79. The molecule has 21 heavy (non-hydrogen) atoms. The zero-order chi connectivity index (χ0) is 15.8. The summed E-state index contributed by atoms with van der Waals surface area (Å²) in [5.74, 6) is -0.742. The van der Waals surface area contributed by atoms with E-state index in [9.17, 15) is 9.59 Å². The lowest BCUT2D eigenvalue weighted by molar-refractivity contribution is -0.145. The standard InChI is InChI=1S/C14H18BrN3O3/c1-4-18(5-2)14(20)13(19)17-16-9-10-8-11(15)6-7-12(10)21-3/h6-9H,4-5H2,1-3H3,(H,17,19)/b16-9+. The summed E-state index contributed by atoms with van der Waals surface area (Å²) in [5.41, 5.74) is 2.90. The van der Waals surface area contributed by atoms with Crippen LogP contribution in [-0.4, -0.2) is 43.1 Å². The average Bonchev–Trinajstić information content (AvgIpc) is 2.48. The molecular formula is C14H18BrN3O3. The van der Waals surface area contributed by atoms with Crippen molar-refractivity contribution in [2.45, 2.75) is 13.8 Å². The second kappa shape index (κ2) is 8.41. The average molecular weight is 356 g/mol. The molecule has 114 valence electrons. The van der Waals surface area contributed by atoms with E-state index in [0.717, 1.165) is 4.47 Å². The van der Waals surface area contributed by atoms with Gasteiger partial charge in [0.1, 0.15) is 5.75 Å². The van der Waals surface area contributed by atoms with Crippen molar-refractivity contribution < 1.29 is 14.3 Å². The second-order valence-electron chi connectivity index (χ2n) is 4.06. The van der Waals surface area contributed by atoms with Gasteiger partial charge in [0.25, 0.3) is 0 Å². The van der Waals surface area contributed by atoms with E-state index in [1.165, 1.54) is 11.1 Å². The zero-order valence-corrected chi connectivity index (χ0v) is 13.8. The smallest absolute Gasteiger partial charge is 0.329 e. The molecule has 0 heterocycles. The molecule has 0 atom stereocenters. The van der Waals surface area contributed by atoms with Crippen molar-refractivity contribution in [2.75, 3.05) is 20.2 Å². The number of rotatable bonds is 5. The maximum atomic E-state index is 11.7. The van der Waals surface area contributed by atoms with E-state index in [-0.39, 0.29) is 0 Å². The molecule has 0 radical (unpaired) electrons. The fraction of sp³-hybridized carbons (Fsp3) is 0.357. The number of amides is 2. The van der Waals surface area contributed by atoms with Gasteiger partial charge in [0.15, 0.2) is 0 Å². The summed E-state index contributed by atoms with van der Waals surface area (Å²) in [4.78, 5) is 24.8. The highest BCUT2D eigenvalue weighted by Gasteiger charge is 2.18. The first-order chi connectivity index (χ1) is 10.0. The first kappa shape index (κ1) is 17.2. The van der Waals surface area contributed by atoms with Gasteiger partial charge in [-0.25, -0.2) is 5.43 Å². The first-order valence-electron chi connectivity index (χ1n) is 6.49. The molecule has 0 aliphatic carbocycles. The van der Waals surface area contributed by atoms with Crippen molar-refractivity contribution in [3.05, 3.63) is 28.2 Å². The van der Waals surface area contributed by atoms with Gasteiger partial charge in [-0.3, -0.25) is 9.59 Å². The van der Waals surface area contributed by atoms with Gasteiger partial charge in [-0.15, -0.1) is 0 Å². The highest BCUT2D eigenvalue weighted by atomic mass is 79.9. The molecule has 6 nitrogen and oxygen atoms in total. The lowest BCUT2D eigenvalue weighted by Crippen LogP contribution is -2.41. The topological polar surface area (TPSA) is 71.0 Å². The van der Waals surface area contributed by atoms with Crippen LogP contribution in [-0.2, 0) is 9.59 Å². The molecule has 0 fully saturated rings. The second-order valence-corrected chi connectivity index (χ2v) is 4.98. The fourth-order valence-electron chi connectivity index (χ4n) is 1.67. The van der Waals surface area contributed by atoms with Crippen molar-refractivity contribution in [1.82, 2.24) is 10.3 Å². The summed E-state index contributed by atoms with van der Waals surface area (Å²) in [6.45, 7) is 4.58. The van der Waals surface area contributed by atoms with Crippen molar-refractivity contribution >= 4 is 34.0 Å². The van der Waals surface area contributed by atoms with Crippen LogP contribution in [0.25, 0.3) is 0 Å². The van der Waals surface area contributed by atoms with Crippen LogP contribution in [0.1, 0.15) is 19.4 Å². The van der Waals surface area contributed by atoms with Crippen molar-refractivity contribution in [3.63, 3.8) is 0 Å². The van der Waals surface area contributed by atoms with Gasteiger partial charge in [-0.05, 0) is 32.0 Å². The van der Waals surface area contributed by atoms with E-state index in [4.69, 9.17) is 4.74 Å². The molecule has 1 rings (SSSR count). The van der Waals surface area contributed by atoms with E-state index in [1.807, 2.05) is 19.9 Å². The molecule has 1 aromatic rings. The molecule has 0 aromatic heterocycles.